The minimum Gasteiger partial charge on any atom is -0.354 e. The van der Waals surface area contributed by atoms with Crippen LogP contribution < -0.4 is 5.32 Å². The minimum absolute atomic E-state index is 0.200. The van der Waals surface area contributed by atoms with Gasteiger partial charge in [-0.1, -0.05) is 24.3 Å². The summed E-state index contributed by atoms with van der Waals surface area (Å²) < 4.78 is 14.0. The number of nitrogens with one attached hydrogen (secondary N) is 2. The van der Waals surface area contributed by atoms with E-state index in [9.17, 15) is 4.39 Å². The Morgan fingerprint density at radius 2 is 1.71 bits per heavy atom. The van der Waals surface area contributed by atoms with Gasteiger partial charge in [-0.05, 0) is 60.0 Å². The molecule has 0 amide bonds. The second-order valence-electron chi connectivity index (χ2n) is 6.82. The van der Waals surface area contributed by atoms with Crippen LogP contribution in [-0.2, 0) is 0 Å². The summed E-state index contributed by atoms with van der Waals surface area (Å²) in [6.07, 6.45) is 3.59. The van der Waals surface area contributed by atoms with Gasteiger partial charge in [-0.15, -0.1) is 0 Å². The number of nitrogens with zero attached hydrogens (tertiary/aromatic N) is 2. The number of rotatable bonds is 3. The first-order valence-electron chi connectivity index (χ1n) is 9.03. The van der Waals surface area contributed by atoms with Crippen molar-refractivity contribution in [2.45, 2.75) is 6.92 Å². The lowest BCUT2D eigenvalue weighted by Crippen LogP contribution is -1.94. The maximum absolute atomic E-state index is 14.0. The van der Waals surface area contributed by atoms with Crippen molar-refractivity contribution in [1.82, 2.24) is 15.2 Å². The van der Waals surface area contributed by atoms with E-state index in [1.165, 1.54) is 0 Å². The molecule has 0 bridgehead atoms. The summed E-state index contributed by atoms with van der Waals surface area (Å²) in [6, 6.07) is 19.2. The molecule has 0 spiro atoms. The second-order valence-corrected chi connectivity index (χ2v) is 6.82. The normalized spacial score (nSPS) is 11.2. The van der Waals surface area contributed by atoms with Crippen LogP contribution in [-0.4, -0.2) is 15.2 Å². The third-order valence-corrected chi connectivity index (χ3v) is 5.00. The number of fused-ring (bicyclic) bond motifs is 2. The molecule has 2 heterocycles. The Kier molecular flexibility index (Phi) is 3.79. The van der Waals surface area contributed by atoms with E-state index in [2.05, 4.69) is 20.5 Å². The van der Waals surface area contributed by atoms with Crippen molar-refractivity contribution in [1.29, 1.82) is 0 Å². The molecule has 0 radical (unpaired) electrons. The predicted octanol–water partition coefficient (Wildman–Crippen LogP) is 5.97. The zero-order chi connectivity index (χ0) is 19.1. The zero-order valence-electron chi connectivity index (χ0n) is 15.2. The molecule has 5 heteroatoms. The quantitative estimate of drug-likeness (QED) is 0.412. The predicted molar refractivity (Wildman–Crippen MR) is 111 cm³/mol. The Morgan fingerprint density at radius 3 is 2.61 bits per heavy atom. The van der Waals surface area contributed by atoms with Crippen molar-refractivity contribution in [3.05, 3.63) is 84.4 Å². The van der Waals surface area contributed by atoms with Gasteiger partial charge in [0.05, 0.1) is 17.2 Å². The van der Waals surface area contributed by atoms with Crippen LogP contribution in [0.15, 0.2) is 73.1 Å². The number of benzene rings is 3. The zero-order valence-corrected chi connectivity index (χ0v) is 15.2. The van der Waals surface area contributed by atoms with Crippen LogP contribution in [0, 0.1) is 12.7 Å². The molecule has 28 heavy (non-hydrogen) atoms. The molecule has 5 rings (SSSR count). The Balaban J connectivity index is 1.63. The lowest BCUT2D eigenvalue weighted by atomic mass is 10.0. The van der Waals surface area contributed by atoms with E-state index in [0.29, 0.717) is 5.56 Å². The smallest absolute Gasteiger partial charge is 0.126 e. The molecule has 5 aromatic rings. The maximum atomic E-state index is 14.0. The molecule has 0 fully saturated rings. The molecule has 0 aliphatic carbocycles. The summed E-state index contributed by atoms with van der Waals surface area (Å²) in [5, 5.41) is 12.6. The number of hydrogen-bond acceptors (Lipinski definition) is 3. The van der Waals surface area contributed by atoms with Crippen molar-refractivity contribution in [2.75, 3.05) is 5.32 Å². The topological polar surface area (TPSA) is 53.6 Å². The SMILES string of the molecule is Cc1ccc(-c2ccc3nccc(Nc4cccc5[nH]ncc45)c3c2)cc1F. The van der Waals surface area contributed by atoms with Crippen molar-refractivity contribution < 1.29 is 4.39 Å². The lowest BCUT2D eigenvalue weighted by molar-refractivity contribution is 0.619. The molecular formula is C23H17FN4. The van der Waals surface area contributed by atoms with Gasteiger partial charge in [0.1, 0.15) is 5.82 Å². The molecule has 2 N–H and O–H groups in total. The average molecular weight is 368 g/mol. The molecule has 136 valence electrons. The van der Waals surface area contributed by atoms with Crippen molar-refractivity contribution >= 4 is 33.2 Å². The lowest BCUT2D eigenvalue weighted by Gasteiger charge is -2.12. The molecule has 0 unspecified atom stereocenters. The van der Waals surface area contributed by atoms with E-state index < -0.39 is 0 Å². The highest BCUT2D eigenvalue weighted by molar-refractivity contribution is 5.99. The monoisotopic (exact) mass is 368 g/mol. The van der Waals surface area contributed by atoms with Crippen LogP contribution in [0.2, 0.25) is 0 Å². The Hall–Kier alpha value is -3.73. The van der Waals surface area contributed by atoms with Gasteiger partial charge in [-0.25, -0.2) is 4.39 Å². The largest absolute Gasteiger partial charge is 0.354 e. The first-order chi connectivity index (χ1) is 13.7. The van der Waals surface area contributed by atoms with Gasteiger partial charge in [0.2, 0.25) is 0 Å². The number of anilines is 2. The second kappa shape index (κ2) is 6.46. The number of aromatic amines is 1. The fourth-order valence-electron chi connectivity index (χ4n) is 3.43. The van der Waals surface area contributed by atoms with Crippen molar-refractivity contribution in [2.24, 2.45) is 0 Å². The van der Waals surface area contributed by atoms with Crippen LogP contribution in [0.5, 0.6) is 0 Å². The van der Waals surface area contributed by atoms with Crippen LogP contribution in [0.1, 0.15) is 5.56 Å². The van der Waals surface area contributed by atoms with Crippen LogP contribution in [0.3, 0.4) is 0 Å². The summed E-state index contributed by atoms with van der Waals surface area (Å²) in [7, 11) is 0. The Bertz CT molecular complexity index is 1320. The average Bonchev–Trinajstić information content (AvgIpc) is 3.20. The van der Waals surface area contributed by atoms with Crippen LogP contribution in [0.25, 0.3) is 32.9 Å². The standard InChI is InChI=1S/C23H17FN4/c1-14-5-6-16(12-19(14)24)15-7-8-20-17(11-15)22(9-10-25-20)27-21-3-2-4-23-18(21)13-26-28-23/h2-13H,1H3,(H,25,27)(H,26,28). The highest BCUT2D eigenvalue weighted by Crippen LogP contribution is 2.32. The summed E-state index contributed by atoms with van der Waals surface area (Å²) >= 11 is 0. The van der Waals surface area contributed by atoms with Crippen molar-refractivity contribution in [3.63, 3.8) is 0 Å². The number of pyridine rings is 1. The maximum Gasteiger partial charge on any atom is 0.126 e. The number of hydrogen-bond donors (Lipinski definition) is 2. The van der Waals surface area contributed by atoms with Gasteiger partial charge in [0, 0.05) is 28.3 Å². The third kappa shape index (κ3) is 2.77. The molecule has 0 atom stereocenters. The summed E-state index contributed by atoms with van der Waals surface area (Å²) in [5.74, 6) is -0.200. The van der Waals surface area contributed by atoms with Gasteiger partial charge < -0.3 is 5.32 Å². The van der Waals surface area contributed by atoms with E-state index in [-0.39, 0.29) is 5.82 Å². The number of aryl methyl sites for hydroxylation is 1. The number of aromatic nitrogens is 3. The van der Waals surface area contributed by atoms with E-state index in [0.717, 1.165) is 44.3 Å². The summed E-state index contributed by atoms with van der Waals surface area (Å²) in [5.41, 5.74) is 6.18. The number of halogens is 1. The van der Waals surface area contributed by atoms with Gasteiger partial charge in [0.15, 0.2) is 0 Å². The molecular weight excluding hydrogens is 351 g/mol. The summed E-state index contributed by atoms with van der Waals surface area (Å²) in [6.45, 7) is 1.77. The fraction of sp³-hybridized carbons (Fsp3) is 0.0435. The van der Waals surface area contributed by atoms with Gasteiger partial charge in [0.25, 0.3) is 0 Å². The molecule has 0 aliphatic heterocycles. The van der Waals surface area contributed by atoms with Crippen LogP contribution in [0.4, 0.5) is 15.8 Å². The van der Waals surface area contributed by atoms with Gasteiger partial charge >= 0.3 is 0 Å². The van der Waals surface area contributed by atoms with E-state index >= 15 is 0 Å². The fourth-order valence-corrected chi connectivity index (χ4v) is 3.43. The molecule has 0 saturated heterocycles. The van der Waals surface area contributed by atoms with Crippen molar-refractivity contribution in [3.8, 4) is 11.1 Å². The van der Waals surface area contributed by atoms with E-state index in [1.54, 1.807) is 25.3 Å². The van der Waals surface area contributed by atoms with E-state index in [1.807, 2.05) is 54.7 Å². The number of H-pyrrole nitrogens is 1. The summed E-state index contributed by atoms with van der Waals surface area (Å²) in [4.78, 5) is 4.47. The molecule has 0 saturated carbocycles. The Morgan fingerprint density at radius 1 is 0.893 bits per heavy atom. The Labute approximate surface area is 161 Å². The third-order valence-electron chi connectivity index (χ3n) is 5.00. The minimum atomic E-state index is -0.200. The highest BCUT2D eigenvalue weighted by Gasteiger charge is 2.09. The molecule has 2 aromatic heterocycles. The molecule has 0 aliphatic rings. The molecule has 4 nitrogen and oxygen atoms in total. The van der Waals surface area contributed by atoms with Gasteiger partial charge in [-0.3, -0.25) is 10.1 Å². The first kappa shape index (κ1) is 16.4. The van der Waals surface area contributed by atoms with E-state index in [4.69, 9.17) is 0 Å². The first-order valence-corrected chi connectivity index (χ1v) is 9.03. The van der Waals surface area contributed by atoms with Gasteiger partial charge in [-0.2, -0.15) is 5.10 Å². The molecule has 3 aromatic carbocycles. The van der Waals surface area contributed by atoms with Crippen LogP contribution >= 0.6 is 0 Å². The highest BCUT2D eigenvalue weighted by atomic mass is 19.1.